The van der Waals surface area contributed by atoms with Gasteiger partial charge in [0.15, 0.2) is 0 Å². The van der Waals surface area contributed by atoms with E-state index >= 15 is 0 Å². The van der Waals surface area contributed by atoms with E-state index in [0.29, 0.717) is 18.3 Å². The van der Waals surface area contributed by atoms with Crippen LogP contribution in [0.5, 0.6) is 5.75 Å². The lowest BCUT2D eigenvalue weighted by molar-refractivity contribution is 0.259. The van der Waals surface area contributed by atoms with Crippen molar-refractivity contribution in [3.05, 3.63) is 66.2 Å². The molecule has 0 saturated carbocycles. The summed E-state index contributed by atoms with van der Waals surface area (Å²) in [4.78, 5) is 6.72. The first-order valence-electron chi connectivity index (χ1n) is 9.34. The highest BCUT2D eigenvalue weighted by Gasteiger charge is 2.12. The molecule has 0 fully saturated rings. The second kappa shape index (κ2) is 7.86. The van der Waals surface area contributed by atoms with E-state index in [9.17, 15) is 0 Å². The zero-order chi connectivity index (χ0) is 19.5. The highest BCUT2D eigenvalue weighted by Crippen LogP contribution is 2.21. The van der Waals surface area contributed by atoms with Crippen molar-refractivity contribution in [2.45, 2.75) is 20.0 Å². The van der Waals surface area contributed by atoms with E-state index in [0.717, 1.165) is 24.4 Å². The Hall–Kier alpha value is -3.12. The van der Waals surface area contributed by atoms with Crippen LogP contribution in [-0.4, -0.2) is 40.3 Å². The van der Waals surface area contributed by atoms with Crippen LogP contribution in [0.1, 0.15) is 11.6 Å². The number of hydrogen-bond donors (Lipinski definition) is 0. The van der Waals surface area contributed by atoms with Gasteiger partial charge in [0.25, 0.3) is 0 Å². The van der Waals surface area contributed by atoms with Crippen molar-refractivity contribution in [2.24, 2.45) is 0 Å². The second-order valence-electron chi connectivity index (χ2n) is 6.97. The maximum atomic E-state index is 5.44. The van der Waals surface area contributed by atoms with E-state index in [2.05, 4.69) is 63.9 Å². The van der Waals surface area contributed by atoms with Gasteiger partial charge in [0.1, 0.15) is 5.75 Å². The van der Waals surface area contributed by atoms with Crippen LogP contribution in [0.3, 0.4) is 0 Å². The Kier molecular flexibility index (Phi) is 5.12. The normalized spacial score (nSPS) is 11.4. The molecule has 0 radical (unpaired) electrons. The molecule has 0 atom stereocenters. The summed E-state index contributed by atoms with van der Waals surface area (Å²) < 4.78 is 13.0. The predicted octanol–water partition coefficient (Wildman–Crippen LogP) is 4.14. The molecule has 0 unspecified atom stereocenters. The van der Waals surface area contributed by atoms with Crippen molar-refractivity contribution < 1.29 is 9.26 Å². The molecule has 0 amide bonds. The van der Waals surface area contributed by atoms with Gasteiger partial charge in [-0.25, -0.2) is 0 Å². The molecule has 0 aliphatic carbocycles. The van der Waals surface area contributed by atoms with Crippen LogP contribution in [-0.2, 0) is 13.1 Å². The molecule has 6 heteroatoms. The van der Waals surface area contributed by atoms with Crippen molar-refractivity contribution in [3.8, 4) is 17.1 Å². The number of aryl methyl sites for hydroxylation is 1. The van der Waals surface area contributed by atoms with Crippen LogP contribution in [0.15, 0.2) is 59.1 Å². The lowest BCUT2D eigenvalue weighted by Gasteiger charge is -2.16. The average Bonchev–Trinajstić information content (AvgIpc) is 3.30. The Labute approximate surface area is 164 Å². The summed E-state index contributed by atoms with van der Waals surface area (Å²) in [5.74, 6) is 2.01. The lowest BCUT2D eigenvalue weighted by atomic mass is 10.2. The number of likely N-dealkylation sites (N-methyl/N-ethyl adjacent to an activating group) is 1. The minimum Gasteiger partial charge on any atom is -0.497 e. The van der Waals surface area contributed by atoms with E-state index in [1.165, 1.54) is 16.6 Å². The summed E-state index contributed by atoms with van der Waals surface area (Å²) in [6.45, 7) is 4.57. The van der Waals surface area contributed by atoms with Gasteiger partial charge in [-0.15, -0.1) is 0 Å². The molecule has 28 heavy (non-hydrogen) atoms. The molecule has 2 aromatic heterocycles. The Morgan fingerprint density at radius 3 is 2.68 bits per heavy atom. The standard InChI is InChI=1S/C22H24N4O2/c1-16-14-18-6-4-5-7-20(18)26(16)13-12-25(2)15-21-23-22(24-28-21)17-8-10-19(27-3)11-9-17/h4-11,14H,12-13,15H2,1-3H3. The van der Waals surface area contributed by atoms with Crippen LogP contribution in [0, 0.1) is 6.92 Å². The van der Waals surface area contributed by atoms with Gasteiger partial charge in [-0.1, -0.05) is 23.4 Å². The van der Waals surface area contributed by atoms with E-state index in [4.69, 9.17) is 9.26 Å². The third-order valence-electron chi connectivity index (χ3n) is 4.94. The van der Waals surface area contributed by atoms with Crippen molar-refractivity contribution in [3.63, 3.8) is 0 Å². The Morgan fingerprint density at radius 2 is 1.89 bits per heavy atom. The lowest BCUT2D eigenvalue weighted by Crippen LogP contribution is -2.23. The van der Waals surface area contributed by atoms with Crippen molar-refractivity contribution >= 4 is 10.9 Å². The van der Waals surface area contributed by atoms with E-state index in [1.807, 2.05) is 24.3 Å². The van der Waals surface area contributed by atoms with Crippen LogP contribution < -0.4 is 4.74 Å². The third-order valence-corrected chi connectivity index (χ3v) is 4.94. The number of ether oxygens (including phenoxy) is 1. The topological polar surface area (TPSA) is 56.3 Å². The fraction of sp³-hybridized carbons (Fsp3) is 0.273. The first kappa shape index (κ1) is 18.3. The number of aromatic nitrogens is 3. The molecule has 4 rings (SSSR count). The zero-order valence-corrected chi connectivity index (χ0v) is 16.4. The van der Waals surface area contributed by atoms with Crippen molar-refractivity contribution in [1.82, 2.24) is 19.6 Å². The minimum atomic E-state index is 0.596. The van der Waals surface area contributed by atoms with Gasteiger partial charge in [0.2, 0.25) is 11.7 Å². The fourth-order valence-electron chi connectivity index (χ4n) is 3.40. The Balaban J connectivity index is 1.39. The van der Waals surface area contributed by atoms with E-state index < -0.39 is 0 Å². The Bertz CT molecular complexity index is 1070. The van der Waals surface area contributed by atoms with Crippen LogP contribution in [0.4, 0.5) is 0 Å². The summed E-state index contributed by atoms with van der Waals surface area (Å²) in [6.07, 6.45) is 0. The molecule has 0 saturated heterocycles. The summed E-state index contributed by atoms with van der Waals surface area (Å²) in [5.41, 5.74) is 3.45. The summed E-state index contributed by atoms with van der Waals surface area (Å²) in [5, 5.41) is 5.38. The number of benzene rings is 2. The first-order chi connectivity index (χ1) is 13.6. The molecule has 0 aliphatic heterocycles. The molecule has 0 aliphatic rings. The van der Waals surface area contributed by atoms with Gasteiger partial charge in [0, 0.05) is 29.9 Å². The van der Waals surface area contributed by atoms with Crippen LogP contribution in [0.25, 0.3) is 22.3 Å². The molecular weight excluding hydrogens is 352 g/mol. The van der Waals surface area contributed by atoms with Gasteiger partial charge >= 0.3 is 0 Å². The van der Waals surface area contributed by atoms with Crippen molar-refractivity contribution in [1.29, 1.82) is 0 Å². The molecule has 4 aromatic rings. The number of hydrogen-bond acceptors (Lipinski definition) is 5. The maximum absolute atomic E-state index is 5.44. The summed E-state index contributed by atoms with van der Waals surface area (Å²) >= 11 is 0. The van der Waals surface area contributed by atoms with Crippen LogP contribution >= 0.6 is 0 Å². The van der Waals surface area contributed by atoms with Crippen LogP contribution in [0.2, 0.25) is 0 Å². The third kappa shape index (κ3) is 3.77. The smallest absolute Gasteiger partial charge is 0.241 e. The van der Waals surface area contributed by atoms with Gasteiger partial charge in [-0.2, -0.15) is 4.98 Å². The number of fused-ring (bicyclic) bond motifs is 1. The second-order valence-corrected chi connectivity index (χ2v) is 6.97. The molecule has 144 valence electrons. The van der Waals surface area contributed by atoms with E-state index in [1.54, 1.807) is 7.11 Å². The zero-order valence-electron chi connectivity index (χ0n) is 16.4. The quantitative estimate of drug-likeness (QED) is 0.485. The number of methoxy groups -OCH3 is 1. The predicted molar refractivity (Wildman–Crippen MR) is 109 cm³/mol. The minimum absolute atomic E-state index is 0.596. The molecule has 0 bridgehead atoms. The molecular formula is C22H24N4O2. The SMILES string of the molecule is COc1ccc(-c2noc(CN(C)CCn3c(C)cc4ccccc43)n2)cc1. The first-order valence-corrected chi connectivity index (χ1v) is 9.34. The van der Waals surface area contributed by atoms with Gasteiger partial charge in [0.05, 0.1) is 13.7 Å². The van der Waals surface area contributed by atoms with Gasteiger partial charge in [-0.05, 0) is 55.8 Å². The number of rotatable bonds is 7. The maximum Gasteiger partial charge on any atom is 0.241 e. The highest BCUT2D eigenvalue weighted by atomic mass is 16.5. The fourth-order valence-corrected chi connectivity index (χ4v) is 3.40. The van der Waals surface area contributed by atoms with E-state index in [-0.39, 0.29) is 0 Å². The number of nitrogens with zero attached hydrogens (tertiary/aromatic N) is 4. The summed E-state index contributed by atoms with van der Waals surface area (Å²) in [6, 6.07) is 18.4. The monoisotopic (exact) mass is 376 g/mol. The highest BCUT2D eigenvalue weighted by molar-refractivity contribution is 5.81. The molecule has 0 N–H and O–H groups in total. The van der Waals surface area contributed by atoms with Gasteiger partial charge in [-0.3, -0.25) is 4.90 Å². The molecule has 6 nitrogen and oxygen atoms in total. The molecule has 2 heterocycles. The van der Waals surface area contributed by atoms with Gasteiger partial charge < -0.3 is 13.8 Å². The summed E-state index contributed by atoms with van der Waals surface area (Å²) in [7, 11) is 3.72. The Morgan fingerprint density at radius 1 is 1.11 bits per heavy atom. The molecule has 2 aromatic carbocycles. The largest absolute Gasteiger partial charge is 0.497 e. The number of para-hydroxylation sites is 1. The average molecular weight is 376 g/mol. The van der Waals surface area contributed by atoms with Crippen molar-refractivity contribution in [2.75, 3.05) is 20.7 Å². The molecule has 0 spiro atoms.